The van der Waals surface area contributed by atoms with Crippen molar-refractivity contribution >= 4 is 11.6 Å². The molecule has 4 aromatic rings. The van der Waals surface area contributed by atoms with E-state index in [9.17, 15) is 4.79 Å². The van der Waals surface area contributed by atoms with Crippen LogP contribution in [0.3, 0.4) is 0 Å². The van der Waals surface area contributed by atoms with Gasteiger partial charge in [0.1, 0.15) is 5.69 Å². The normalized spacial score (nSPS) is 11.2. The SMILES string of the molecule is CCN(CC)CCn1cc(NC(=O)c2cn(Cc3ccccc3)nc2-c2ccc(C)cc2)cn1. The van der Waals surface area contributed by atoms with Gasteiger partial charge in [0.2, 0.25) is 0 Å². The van der Waals surface area contributed by atoms with E-state index in [0.717, 1.165) is 42.9 Å². The highest BCUT2D eigenvalue weighted by molar-refractivity contribution is 6.07. The average Bonchev–Trinajstić information content (AvgIpc) is 3.48. The topological polar surface area (TPSA) is 68.0 Å². The zero-order chi connectivity index (χ0) is 23.9. The van der Waals surface area contributed by atoms with E-state index in [-0.39, 0.29) is 5.91 Å². The molecule has 0 saturated carbocycles. The van der Waals surface area contributed by atoms with Crippen LogP contribution in [0.4, 0.5) is 5.69 Å². The van der Waals surface area contributed by atoms with E-state index in [1.54, 1.807) is 6.20 Å². The molecule has 0 aliphatic heterocycles. The smallest absolute Gasteiger partial charge is 0.259 e. The van der Waals surface area contributed by atoms with Gasteiger partial charge in [0.05, 0.1) is 30.5 Å². The lowest BCUT2D eigenvalue weighted by Crippen LogP contribution is -2.27. The molecule has 7 heteroatoms. The van der Waals surface area contributed by atoms with E-state index in [1.807, 2.05) is 71.1 Å². The lowest BCUT2D eigenvalue weighted by atomic mass is 10.1. The maximum atomic E-state index is 13.3. The van der Waals surface area contributed by atoms with Crippen molar-refractivity contribution in [2.45, 2.75) is 33.9 Å². The Balaban J connectivity index is 1.54. The standard InChI is InChI=1S/C27H32N6O/c1-4-31(5-2)15-16-32-19-24(17-28-32)29-27(34)25-20-33(18-22-9-7-6-8-10-22)30-26(25)23-13-11-21(3)12-14-23/h6-14,17,19-20H,4-5,15-16,18H2,1-3H3,(H,29,34). The van der Waals surface area contributed by atoms with Crippen LogP contribution in [0.25, 0.3) is 11.3 Å². The van der Waals surface area contributed by atoms with Gasteiger partial charge in [0.25, 0.3) is 5.91 Å². The Kier molecular flexibility index (Phi) is 7.54. The molecule has 2 aromatic heterocycles. The number of likely N-dealkylation sites (N-methyl/N-ethyl adjacent to an activating group) is 1. The number of hydrogen-bond acceptors (Lipinski definition) is 4. The fraction of sp³-hybridized carbons (Fsp3) is 0.296. The molecule has 34 heavy (non-hydrogen) atoms. The molecular formula is C27H32N6O. The summed E-state index contributed by atoms with van der Waals surface area (Å²) >= 11 is 0. The summed E-state index contributed by atoms with van der Waals surface area (Å²) in [5.41, 5.74) is 5.09. The highest BCUT2D eigenvalue weighted by atomic mass is 16.1. The first kappa shape index (κ1) is 23.4. The van der Waals surface area contributed by atoms with Crippen LogP contribution in [-0.4, -0.2) is 50.0 Å². The molecule has 4 rings (SSSR count). The van der Waals surface area contributed by atoms with E-state index >= 15 is 0 Å². The van der Waals surface area contributed by atoms with Gasteiger partial charge in [0.15, 0.2) is 0 Å². The molecule has 7 nitrogen and oxygen atoms in total. The Labute approximate surface area is 201 Å². The van der Waals surface area contributed by atoms with Gasteiger partial charge in [-0.05, 0) is 25.6 Å². The van der Waals surface area contributed by atoms with Crippen LogP contribution in [0.5, 0.6) is 0 Å². The Bertz CT molecular complexity index is 1210. The molecule has 0 fully saturated rings. The van der Waals surface area contributed by atoms with E-state index in [4.69, 9.17) is 5.10 Å². The lowest BCUT2D eigenvalue weighted by Gasteiger charge is -2.17. The minimum Gasteiger partial charge on any atom is -0.319 e. The van der Waals surface area contributed by atoms with Crippen LogP contribution in [0.1, 0.15) is 35.3 Å². The fourth-order valence-electron chi connectivity index (χ4n) is 3.90. The molecular weight excluding hydrogens is 424 g/mol. The van der Waals surface area contributed by atoms with E-state index in [0.29, 0.717) is 23.5 Å². The lowest BCUT2D eigenvalue weighted by molar-refractivity contribution is 0.102. The minimum absolute atomic E-state index is 0.196. The quantitative estimate of drug-likeness (QED) is 0.376. The molecule has 0 radical (unpaired) electrons. The predicted molar refractivity (Wildman–Crippen MR) is 136 cm³/mol. The molecule has 2 aromatic carbocycles. The number of aryl methyl sites for hydroxylation is 1. The zero-order valence-corrected chi connectivity index (χ0v) is 20.1. The van der Waals surface area contributed by atoms with Gasteiger partial charge >= 0.3 is 0 Å². The van der Waals surface area contributed by atoms with Gasteiger partial charge in [-0.2, -0.15) is 10.2 Å². The molecule has 0 spiro atoms. The van der Waals surface area contributed by atoms with Crippen molar-refractivity contribution in [2.75, 3.05) is 25.0 Å². The number of hydrogen-bond donors (Lipinski definition) is 1. The molecule has 0 aliphatic carbocycles. The van der Waals surface area contributed by atoms with Crippen molar-refractivity contribution in [2.24, 2.45) is 0 Å². The van der Waals surface area contributed by atoms with Gasteiger partial charge in [-0.1, -0.05) is 74.0 Å². The summed E-state index contributed by atoms with van der Waals surface area (Å²) in [6.07, 6.45) is 5.39. The Hall–Kier alpha value is -3.71. The number of carbonyl (C=O) groups is 1. The second-order valence-electron chi connectivity index (χ2n) is 8.41. The third-order valence-electron chi connectivity index (χ3n) is 5.95. The van der Waals surface area contributed by atoms with Crippen LogP contribution in [0.15, 0.2) is 73.2 Å². The van der Waals surface area contributed by atoms with Crippen molar-refractivity contribution in [3.63, 3.8) is 0 Å². The van der Waals surface area contributed by atoms with Crippen LogP contribution in [0, 0.1) is 6.92 Å². The van der Waals surface area contributed by atoms with Crippen molar-refractivity contribution in [3.05, 3.63) is 89.9 Å². The van der Waals surface area contributed by atoms with Crippen molar-refractivity contribution in [1.82, 2.24) is 24.5 Å². The van der Waals surface area contributed by atoms with Crippen molar-refractivity contribution in [3.8, 4) is 11.3 Å². The number of aromatic nitrogens is 4. The largest absolute Gasteiger partial charge is 0.319 e. The Morgan fingerprint density at radius 3 is 2.41 bits per heavy atom. The van der Waals surface area contributed by atoms with Gasteiger partial charge in [-0.25, -0.2) is 0 Å². The third-order valence-corrected chi connectivity index (χ3v) is 5.95. The summed E-state index contributed by atoms with van der Waals surface area (Å²) < 4.78 is 3.70. The van der Waals surface area contributed by atoms with Gasteiger partial charge in [-0.15, -0.1) is 0 Å². The second-order valence-corrected chi connectivity index (χ2v) is 8.41. The summed E-state index contributed by atoms with van der Waals surface area (Å²) in [5.74, 6) is -0.196. The molecule has 0 bridgehead atoms. The summed E-state index contributed by atoms with van der Waals surface area (Å²) in [4.78, 5) is 15.6. The van der Waals surface area contributed by atoms with Gasteiger partial charge < -0.3 is 10.2 Å². The first-order chi connectivity index (χ1) is 16.6. The average molecular weight is 457 g/mol. The number of rotatable bonds is 10. The summed E-state index contributed by atoms with van der Waals surface area (Å²) in [6.45, 7) is 10.7. The maximum Gasteiger partial charge on any atom is 0.259 e. The molecule has 0 aliphatic rings. The number of benzene rings is 2. The fourth-order valence-corrected chi connectivity index (χ4v) is 3.90. The minimum atomic E-state index is -0.196. The first-order valence-corrected chi connectivity index (χ1v) is 11.8. The summed E-state index contributed by atoms with van der Waals surface area (Å²) in [6, 6.07) is 18.2. The number of nitrogens with one attached hydrogen (secondary N) is 1. The Morgan fingerprint density at radius 1 is 0.971 bits per heavy atom. The Morgan fingerprint density at radius 2 is 1.71 bits per heavy atom. The highest BCUT2D eigenvalue weighted by Crippen LogP contribution is 2.24. The van der Waals surface area contributed by atoms with Crippen LogP contribution in [-0.2, 0) is 13.1 Å². The second kappa shape index (κ2) is 10.9. The number of carbonyl (C=O) groups excluding carboxylic acids is 1. The maximum absolute atomic E-state index is 13.3. The molecule has 0 saturated heterocycles. The molecule has 0 atom stereocenters. The molecule has 1 amide bonds. The molecule has 1 N–H and O–H groups in total. The molecule has 2 heterocycles. The number of amides is 1. The zero-order valence-electron chi connectivity index (χ0n) is 20.1. The monoisotopic (exact) mass is 456 g/mol. The highest BCUT2D eigenvalue weighted by Gasteiger charge is 2.19. The van der Waals surface area contributed by atoms with E-state index in [1.165, 1.54) is 0 Å². The molecule has 176 valence electrons. The first-order valence-electron chi connectivity index (χ1n) is 11.8. The predicted octanol–water partition coefficient (Wildman–Crippen LogP) is 4.70. The van der Waals surface area contributed by atoms with Crippen LogP contribution in [0.2, 0.25) is 0 Å². The number of anilines is 1. The third kappa shape index (κ3) is 5.80. The van der Waals surface area contributed by atoms with Gasteiger partial charge in [-0.3, -0.25) is 14.2 Å². The summed E-state index contributed by atoms with van der Waals surface area (Å²) in [5, 5.41) is 12.2. The van der Waals surface area contributed by atoms with Crippen molar-refractivity contribution in [1.29, 1.82) is 0 Å². The van der Waals surface area contributed by atoms with E-state index in [2.05, 4.69) is 41.3 Å². The summed E-state index contributed by atoms with van der Waals surface area (Å²) in [7, 11) is 0. The number of nitrogens with zero attached hydrogens (tertiary/aromatic N) is 5. The molecule has 0 unspecified atom stereocenters. The van der Waals surface area contributed by atoms with Crippen LogP contribution < -0.4 is 5.32 Å². The van der Waals surface area contributed by atoms with E-state index < -0.39 is 0 Å². The van der Waals surface area contributed by atoms with Crippen molar-refractivity contribution < 1.29 is 4.79 Å². The van der Waals surface area contributed by atoms with Crippen LogP contribution >= 0.6 is 0 Å². The van der Waals surface area contributed by atoms with Gasteiger partial charge in [0, 0.05) is 24.5 Å².